The number of hydrogen-bond donors (Lipinski definition) is 1. The van der Waals surface area contributed by atoms with Crippen LogP contribution in [-0.2, 0) is 6.54 Å². The number of likely N-dealkylation sites (N-methyl/N-ethyl adjacent to an activating group) is 1. The Morgan fingerprint density at radius 3 is 2.61 bits per heavy atom. The molecule has 1 N–H and O–H groups in total. The van der Waals surface area contributed by atoms with Gasteiger partial charge in [0.05, 0.1) is 0 Å². The summed E-state index contributed by atoms with van der Waals surface area (Å²) in [5.74, 6) is 1.11. The second-order valence-electron chi connectivity index (χ2n) is 4.99. The second-order valence-corrected chi connectivity index (χ2v) is 4.99. The van der Waals surface area contributed by atoms with Gasteiger partial charge in [0.25, 0.3) is 0 Å². The maximum Gasteiger partial charge on any atom is 0.128 e. The maximum atomic E-state index is 4.57. The van der Waals surface area contributed by atoms with Crippen LogP contribution in [0.5, 0.6) is 0 Å². The van der Waals surface area contributed by atoms with E-state index in [0.29, 0.717) is 0 Å². The van der Waals surface area contributed by atoms with Crippen molar-refractivity contribution in [2.75, 3.05) is 44.7 Å². The van der Waals surface area contributed by atoms with Crippen LogP contribution < -0.4 is 10.2 Å². The number of piperazine rings is 1. The van der Waals surface area contributed by atoms with E-state index in [9.17, 15) is 0 Å². The van der Waals surface area contributed by atoms with E-state index in [4.69, 9.17) is 0 Å². The first-order valence-electron chi connectivity index (χ1n) is 6.88. The summed E-state index contributed by atoms with van der Waals surface area (Å²) in [6, 6.07) is 4.33. The van der Waals surface area contributed by atoms with Gasteiger partial charge in [-0.3, -0.25) is 0 Å². The van der Waals surface area contributed by atoms with Gasteiger partial charge in [-0.05, 0) is 31.6 Å². The van der Waals surface area contributed by atoms with Gasteiger partial charge in [-0.1, -0.05) is 13.0 Å². The predicted octanol–water partition coefficient (Wildman–Crippen LogP) is 1.33. The molecule has 4 heteroatoms. The predicted molar refractivity (Wildman–Crippen MR) is 75.9 cm³/mol. The highest BCUT2D eigenvalue weighted by Gasteiger charge is 2.14. The highest BCUT2D eigenvalue weighted by molar-refractivity contribution is 5.39. The lowest BCUT2D eigenvalue weighted by Crippen LogP contribution is -2.44. The van der Waals surface area contributed by atoms with Crippen LogP contribution in [0.15, 0.2) is 18.3 Å². The summed E-state index contributed by atoms with van der Waals surface area (Å²) in [6.45, 7) is 8.59. The summed E-state index contributed by atoms with van der Waals surface area (Å²) in [5.41, 5.74) is 1.27. The van der Waals surface area contributed by atoms with Crippen molar-refractivity contribution in [1.29, 1.82) is 0 Å². The van der Waals surface area contributed by atoms with E-state index >= 15 is 0 Å². The van der Waals surface area contributed by atoms with Gasteiger partial charge in [0.15, 0.2) is 0 Å². The Labute approximate surface area is 110 Å². The van der Waals surface area contributed by atoms with E-state index in [2.05, 4.69) is 46.2 Å². The molecule has 0 radical (unpaired) electrons. The van der Waals surface area contributed by atoms with Crippen LogP contribution in [0.4, 0.5) is 5.82 Å². The monoisotopic (exact) mass is 248 g/mol. The van der Waals surface area contributed by atoms with Crippen LogP contribution in [0.1, 0.15) is 18.9 Å². The Bertz CT molecular complexity index is 341. The van der Waals surface area contributed by atoms with E-state index in [1.54, 1.807) is 0 Å². The summed E-state index contributed by atoms with van der Waals surface area (Å²) in [7, 11) is 2.17. The third-order valence-corrected chi connectivity index (χ3v) is 3.39. The van der Waals surface area contributed by atoms with Gasteiger partial charge in [-0.25, -0.2) is 4.98 Å². The molecule has 0 saturated carbocycles. The fraction of sp³-hybridized carbons (Fsp3) is 0.643. The molecule has 1 aromatic heterocycles. The van der Waals surface area contributed by atoms with Crippen molar-refractivity contribution in [3.05, 3.63) is 23.9 Å². The molecule has 0 spiro atoms. The number of hydrogen-bond acceptors (Lipinski definition) is 4. The Balaban J connectivity index is 1.87. The highest BCUT2D eigenvalue weighted by Crippen LogP contribution is 2.13. The third kappa shape index (κ3) is 3.68. The van der Waals surface area contributed by atoms with Crippen molar-refractivity contribution < 1.29 is 0 Å². The van der Waals surface area contributed by atoms with E-state index in [1.165, 1.54) is 12.0 Å². The minimum Gasteiger partial charge on any atom is -0.354 e. The number of anilines is 1. The Kier molecular flexibility index (Phi) is 4.96. The molecule has 0 aliphatic carbocycles. The minimum absolute atomic E-state index is 0.920. The molecule has 0 unspecified atom stereocenters. The molecule has 1 aliphatic rings. The van der Waals surface area contributed by atoms with Gasteiger partial charge in [0.1, 0.15) is 5.82 Å². The van der Waals surface area contributed by atoms with Crippen LogP contribution in [-0.4, -0.2) is 49.7 Å². The van der Waals surface area contributed by atoms with Crippen molar-refractivity contribution in [3.8, 4) is 0 Å². The molecule has 1 aliphatic heterocycles. The molecule has 18 heavy (non-hydrogen) atoms. The molecule has 0 aromatic carbocycles. The standard InChI is InChI=1S/C14H24N4/c1-3-6-15-11-13-4-5-14(16-12-13)18-9-7-17(2)8-10-18/h4-5,12,15H,3,6-11H2,1-2H3. The first-order valence-corrected chi connectivity index (χ1v) is 6.88. The van der Waals surface area contributed by atoms with Crippen molar-refractivity contribution in [2.45, 2.75) is 19.9 Å². The topological polar surface area (TPSA) is 31.4 Å². The van der Waals surface area contributed by atoms with Gasteiger partial charge >= 0.3 is 0 Å². The lowest BCUT2D eigenvalue weighted by molar-refractivity contribution is 0.312. The molecule has 100 valence electrons. The number of nitrogens with one attached hydrogen (secondary N) is 1. The van der Waals surface area contributed by atoms with Gasteiger partial charge in [0.2, 0.25) is 0 Å². The van der Waals surface area contributed by atoms with Crippen molar-refractivity contribution in [1.82, 2.24) is 15.2 Å². The number of nitrogens with zero attached hydrogens (tertiary/aromatic N) is 3. The Morgan fingerprint density at radius 1 is 1.22 bits per heavy atom. The largest absolute Gasteiger partial charge is 0.354 e. The number of aromatic nitrogens is 1. The number of rotatable bonds is 5. The molecule has 0 amide bonds. The zero-order valence-electron chi connectivity index (χ0n) is 11.5. The van der Waals surface area contributed by atoms with Crippen LogP contribution >= 0.6 is 0 Å². The second kappa shape index (κ2) is 6.71. The average Bonchev–Trinajstić information content (AvgIpc) is 2.41. The smallest absolute Gasteiger partial charge is 0.128 e. The lowest BCUT2D eigenvalue weighted by atomic mass is 10.2. The summed E-state index contributed by atoms with van der Waals surface area (Å²) >= 11 is 0. The summed E-state index contributed by atoms with van der Waals surface area (Å²) in [4.78, 5) is 9.30. The molecule has 2 heterocycles. The molecule has 0 bridgehead atoms. The first kappa shape index (κ1) is 13.3. The molecular formula is C14H24N4. The Morgan fingerprint density at radius 2 is 2.00 bits per heavy atom. The fourth-order valence-electron chi connectivity index (χ4n) is 2.15. The van der Waals surface area contributed by atoms with Crippen LogP contribution in [0.25, 0.3) is 0 Å². The molecule has 1 fully saturated rings. The summed E-state index contributed by atoms with van der Waals surface area (Å²) in [5, 5.41) is 3.40. The van der Waals surface area contributed by atoms with Crippen molar-refractivity contribution in [2.24, 2.45) is 0 Å². The van der Waals surface area contributed by atoms with Crippen LogP contribution in [0.2, 0.25) is 0 Å². The van der Waals surface area contributed by atoms with Crippen LogP contribution in [0, 0.1) is 0 Å². The zero-order chi connectivity index (χ0) is 12.8. The van der Waals surface area contributed by atoms with Gasteiger partial charge in [0, 0.05) is 38.9 Å². The van der Waals surface area contributed by atoms with E-state index in [1.807, 2.05) is 6.20 Å². The quantitative estimate of drug-likeness (QED) is 0.797. The average molecular weight is 248 g/mol. The molecule has 1 saturated heterocycles. The van der Waals surface area contributed by atoms with E-state index in [-0.39, 0.29) is 0 Å². The molecule has 1 aromatic rings. The van der Waals surface area contributed by atoms with Gasteiger partial charge < -0.3 is 15.1 Å². The van der Waals surface area contributed by atoms with E-state index < -0.39 is 0 Å². The van der Waals surface area contributed by atoms with Crippen LogP contribution in [0.3, 0.4) is 0 Å². The third-order valence-electron chi connectivity index (χ3n) is 3.39. The molecular weight excluding hydrogens is 224 g/mol. The normalized spacial score (nSPS) is 17.1. The fourth-order valence-corrected chi connectivity index (χ4v) is 2.15. The maximum absolute atomic E-state index is 4.57. The Hall–Kier alpha value is -1.13. The SMILES string of the molecule is CCCNCc1ccc(N2CCN(C)CC2)nc1. The summed E-state index contributed by atoms with van der Waals surface area (Å²) in [6.07, 6.45) is 3.17. The van der Waals surface area contributed by atoms with Gasteiger partial charge in [-0.2, -0.15) is 0 Å². The van der Waals surface area contributed by atoms with E-state index in [0.717, 1.165) is 45.1 Å². The highest BCUT2D eigenvalue weighted by atomic mass is 15.3. The summed E-state index contributed by atoms with van der Waals surface area (Å²) < 4.78 is 0. The minimum atomic E-state index is 0.920. The van der Waals surface area contributed by atoms with Crippen molar-refractivity contribution >= 4 is 5.82 Å². The first-order chi connectivity index (χ1) is 8.79. The molecule has 4 nitrogen and oxygen atoms in total. The zero-order valence-corrected chi connectivity index (χ0v) is 11.5. The lowest BCUT2D eigenvalue weighted by Gasteiger charge is -2.33. The molecule has 0 atom stereocenters. The van der Waals surface area contributed by atoms with Gasteiger partial charge in [-0.15, -0.1) is 0 Å². The molecule has 2 rings (SSSR count). The number of pyridine rings is 1. The van der Waals surface area contributed by atoms with Crippen molar-refractivity contribution in [3.63, 3.8) is 0 Å².